The van der Waals surface area contributed by atoms with Crippen LogP contribution in [0.15, 0.2) is 0 Å². The van der Waals surface area contributed by atoms with Gasteiger partial charge in [0.2, 0.25) is 0 Å². The van der Waals surface area contributed by atoms with E-state index in [9.17, 15) is 0 Å². The molecule has 0 rings (SSSR count). The first-order valence-corrected chi connectivity index (χ1v) is 2.54. The zero-order valence-electron chi connectivity index (χ0n) is 2.72. The van der Waals surface area contributed by atoms with Crippen LogP contribution < -0.4 is 8.38 Å². The average molecular weight is 234 g/mol. The van der Waals surface area contributed by atoms with E-state index in [4.69, 9.17) is 16.0 Å². The average Bonchev–Trinajstić information content (AvgIpc) is 0.722. The molecule has 0 bridgehead atoms. The van der Waals surface area contributed by atoms with Gasteiger partial charge in [-0.3, -0.25) is 0 Å². The van der Waals surface area contributed by atoms with E-state index in [1.165, 1.54) is 0 Å². The van der Waals surface area contributed by atoms with Gasteiger partial charge in [-0.1, -0.05) is 0 Å². The van der Waals surface area contributed by atoms with E-state index in [1.807, 2.05) is 0 Å². The van der Waals surface area contributed by atoms with Crippen molar-refractivity contribution in [2.45, 2.75) is 0 Å². The summed E-state index contributed by atoms with van der Waals surface area (Å²) in [4.78, 5) is 0. The third-order valence-electron chi connectivity index (χ3n) is 0. The predicted molar refractivity (Wildman–Crippen MR) is 1.37 cm³/mol. The molecule has 0 aliphatic carbocycles. The molecule has 0 amide bonds. The quantitative estimate of drug-likeness (QED) is 0.430. The van der Waals surface area contributed by atoms with Crippen molar-refractivity contribution in [1.29, 1.82) is 0 Å². The van der Waals surface area contributed by atoms with Crippen LogP contribution in [0.4, 0.5) is 0 Å². The van der Waals surface area contributed by atoms with Crippen LogP contribution in [-0.4, -0.2) is 0 Å². The van der Waals surface area contributed by atoms with Gasteiger partial charge in [-0.15, -0.1) is 0 Å². The van der Waals surface area contributed by atoms with Crippen molar-refractivity contribution in [1.82, 2.24) is 0 Å². The summed E-state index contributed by atoms with van der Waals surface area (Å²) in [7, 11) is 0. The van der Waals surface area contributed by atoms with Gasteiger partial charge in [-0.2, -0.15) is 0 Å². The van der Waals surface area contributed by atoms with Gasteiger partial charge in [-0.05, 0) is 0 Å². The van der Waals surface area contributed by atoms with Crippen molar-refractivity contribution >= 4 is 0 Å². The first-order valence-electron chi connectivity index (χ1n) is 0.617. The third-order valence-corrected chi connectivity index (χ3v) is 0. The third kappa shape index (κ3) is 154. The van der Waals surface area contributed by atoms with Crippen LogP contribution in [0.1, 0.15) is 0 Å². The van der Waals surface area contributed by atoms with Crippen molar-refractivity contribution in [3.05, 3.63) is 0 Å². The summed E-state index contributed by atoms with van der Waals surface area (Å²) < 4.78 is 34.3. The Morgan fingerprint density at radius 1 is 1.14 bits per heavy atom. The van der Waals surface area contributed by atoms with Crippen LogP contribution in [0.5, 0.6) is 0 Å². The van der Waals surface area contributed by atoms with Crippen LogP contribution in [0.25, 0.3) is 0 Å². The SMILES string of the molecule is [Cr+3].[Cu+2].[O]=[Mn](=[O])([O-])[O-]. The second-order valence-electron chi connectivity index (χ2n) is 0.378. The summed E-state index contributed by atoms with van der Waals surface area (Å²) in [6, 6.07) is 0. The molecule has 0 spiro atoms. The molecule has 7 heteroatoms. The minimum atomic E-state index is -5.62. The molecule has 0 aliphatic rings. The van der Waals surface area contributed by atoms with E-state index in [0.717, 1.165) is 0 Å². The molecule has 0 heterocycles. The summed E-state index contributed by atoms with van der Waals surface area (Å²) in [5.41, 5.74) is 0. The Morgan fingerprint density at radius 2 is 1.14 bits per heavy atom. The van der Waals surface area contributed by atoms with E-state index in [2.05, 4.69) is 0 Å². The molecule has 7 heavy (non-hydrogen) atoms. The molecule has 0 aliphatic heterocycles. The van der Waals surface area contributed by atoms with Crippen LogP contribution in [-0.2, 0) is 55.5 Å². The van der Waals surface area contributed by atoms with Gasteiger partial charge >= 0.3 is 63.8 Å². The molecule has 0 N–H and O–H groups in total. The number of hydrogen-bond donors (Lipinski definition) is 0. The summed E-state index contributed by atoms with van der Waals surface area (Å²) in [5, 5.41) is 0. The van der Waals surface area contributed by atoms with Crippen LogP contribution in [0.2, 0.25) is 0 Å². The van der Waals surface area contributed by atoms with Gasteiger partial charge in [-0.25, -0.2) is 0 Å². The van der Waals surface area contributed by atoms with E-state index in [-0.39, 0.29) is 34.4 Å². The first kappa shape index (κ1) is 15.7. The van der Waals surface area contributed by atoms with Gasteiger partial charge in [0.1, 0.15) is 0 Å². The molecular weight excluding hydrogens is 234 g/mol. The fourth-order valence-corrected chi connectivity index (χ4v) is 0. The van der Waals surface area contributed by atoms with Crippen molar-refractivity contribution < 1.29 is 63.8 Å². The van der Waals surface area contributed by atoms with Crippen LogP contribution in [0.3, 0.4) is 0 Å². The van der Waals surface area contributed by atoms with Gasteiger partial charge < -0.3 is 0 Å². The van der Waals surface area contributed by atoms with Gasteiger partial charge in [0.05, 0.1) is 0 Å². The molecule has 4 nitrogen and oxygen atoms in total. The van der Waals surface area contributed by atoms with Gasteiger partial charge in [0, 0.05) is 0 Å². The van der Waals surface area contributed by atoms with Crippen molar-refractivity contribution in [2.75, 3.05) is 0 Å². The maximum absolute atomic E-state index is 8.58. The Hall–Kier alpha value is 1.09. The van der Waals surface area contributed by atoms with Crippen LogP contribution >= 0.6 is 0 Å². The van der Waals surface area contributed by atoms with E-state index < -0.39 is 13.4 Å². The summed E-state index contributed by atoms with van der Waals surface area (Å²) >= 11 is -5.62. The Kier molecular flexibility index (Phi) is 11.7. The van der Waals surface area contributed by atoms with Crippen LogP contribution in [0, 0.1) is 0 Å². The molecule has 2 radical (unpaired) electrons. The molecule has 0 saturated carbocycles. The number of rotatable bonds is 0. The Balaban J connectivity index is -0.0000000800. The summed E-state index contributed by atoms with van der Waals surface area (Å²) in [6.45, 7) is 0. The molecular formula is CrCuMnO4+3. The molecule has 0 saturated heterocycles. The van der Waals surface area contributed by atoms with Crippen molar-refractivity contribution in [3.8, 4) is 0 Å². The molecule has 0 aromatic heterocycles. The molecule has 0 aromatic carbocycles. The fraction of sp³-hybridized carbons (Fsp3) is 0. The maximum atomic E-state index is 8.58. The summed E-state index contributed by atoms with van der Waals surface area (Å²) in [6.07, 6.45) is 0. The standard InChI is InChI=1S/Cr.Cu.Mn.4O/q+3;+2;;;;2*-1. The minimum absolute atomic E-state index is 0. The van der Waals surface area contributed by atoms with Gasteiger partial charge in [0.25, 0.3) is 0 Å². The fourth-order valence-electron chi connectivity index (χ4n) is 0. The number of hydrogen-bond acceptors (Lipinski definition) is 4. The zero-order valence-corrected chi connectivity index (χ0v) is 6.12. The summed E-state index contributed by atoms with van der Waals surface area (Å²) in [5.74, 6) is 0. The molecule has 0 unspecified atom stereocenters. The normalized spacial score (nSPS) is 8.29. The first-order chi connectivity index (χ1) is 2.00. The topological polar surface area (TPSA) is 80.3 Å². The predicted octanol–water partition coefficient (Wildman–Crippen LogP) is -2.62. The second kappa shape index (κ2) is 5.23. The molecule has 0 fully saturated rings. The monoisotopic (exact) mass is 234 g/mol. The molecule has 0 aromatic rings. The Morgan fingerprint density at radius 3 is 1.14 bits per heavy atom. The zero-order chi connectivity index (χ0) is 4.50. The van der Waals surface area contributed by atoms with Gasteiger partial charge in [0.15, 0.2) is 0 Å². The van der Waals surface area contributed by atoms with E-state index in [0.29, 0.717) is 0 Å². The van der Waals surface area contributed by atoms with E-state index in [1.54, 1.807) is 0 Å². The second-order valence-corrected chi connectivity index (χ2v) is 1.56. The van der Waals surface area contributed by atoms with E-state index >= 15 is 0 Å². The van der Waals surface area contributed by atoms with Crippen molar-refractivity contribution in [2.24, 2.45) is 0 Å². The molecule has 45 valence electrons. The Bertz CT molecular complexity index is 94.9. The Labute approximate surface area is 63.8 Å². The molecule has 0 atom stereocenters. The van der Waals surface area contributed by atoms with Crippen molar-refractivity contribution in [3.63, 3.8) is 0 Å².